The van der Waals surface area contributed by atoms with E-state index in [2.05, 4.69) is 44.5 Å². The van der Waals surface area contributed by atoms with E-state index in [-0.39, 0.29) is 11.0 Å². The summed E-state index contributed by atoms with van der Waals surface area (Å²) in [6.07, 6.45) is 3.87. The first kappa shape index (κ1) is 13.2. The molecular formula is C16H27N3. The van der Waals surface area contributed by atoms with Gasteiger partial charge in [0.25, 0.3) is 0 Å². The number of hydrogen-bond acceptors (Lipinski definition) is 2. The van der Waals surface area contributed by atoms with Gasteiger partial charge in [0, 0.05) is 36.2 Å². The maximum absolute atomic E-state index is 5.00. The molecule has 19 heavy (non-hydrogen) atoms. The van der Waals surface area contributed by atoms with Crippen molar-refractivity contribution < 1.29 is 0 Å². The van der Waals surface area contributed by atoms with Crippen LogP contribution in [0.4, 0.5) is 0 Å². The van der Waals surface area contributed by atoms with E-state index in [1.54, 1.807) is 0 Å². The molecule has 0 amide bonds. The quantitative estimate of drug-likeness (QED) is 0.887. The Balaban J connectivity index is 2.16. The smallest absolute Gasteiger partial charge is 0.115 e. The van der Waals surface area contributed by atoms with Gasteiger partial charge in [-0.15, -0.1) is 0 Å². The molecule has 0 atom stereocenters. The van der Waals surface area contributed by atoms with Gasteiger partial charge in [0.15, 0.2) is 0 Å². The molecular weight excluding hydrogens is 234 g/mol. The first-order valence-corrected chi connectivity index (χ1v) is 7.64. The van der Waals surface area contributed by atoms with E-state index in [0.717, 1.165) is 25.4 Å². The van der Waals surface area contributed by atoms with Crippen LogP contribution >= 0.6 is 0 Å². The summed E-state index contributed by atoms with van der Waals surface area (Å²) in [5, 5.41) is 3.45. The second kappa shape index (κ2) is 4.08. The first-order valence-electron chi connectivity index (χ1n) is 7.64. The van der Waals surface area contributed by atoms with Crippen molar-refractivity contribution in [3.63, 3.8) is 0 Å². The van der Waals surface area contributed by atoms with Crippen LogP contribution in [0.5, 0.6) is 0 Å². The molecule has 1 fully saturated rings. The number of fused-ring (bicyclic) bond motifs is 1. The molecule has 0 unspecified atom stereocenters. The van der Waals surface area contributed by atoms with E-state index in [0.29, 0.717) is 0 Å². The Hall–Kier alpha value is -0.830. The Morgan fingerprint density at radius 1 is 1.16 bits per heavy atom. The minimum atomic E-state index is 0.115. The average molecular weight is 261 g/mol. The number of nitrogens with zero attached hydrogens (tertiary/aromatic N) is 2. The molecule has 0 bridgehead atoms. The monoisotopic (exact) mass is 261 g/mol. The molecule has 1 aliphatic carbocycles. The van der Waals surface area contributed by atoms with Gasteiger partial charge in [-0.05, 0) is 32.6 Å². The van der Waals surface area contributed by atoms with Crippen molar-refractivity contribution >= 4 is 0 Å². The molecule has 2 heterocycles. The summed E-state index contributed by atoms with van der Waals surface area (Å²) in [6.45, 7) is 13.7. The molecule has 1 N–H and O–H groups in total. The maximum atomic E-state index is 5.00. The lowest BCUT2D eigenvalue weighted by Crippen LogP contribution is -2.36. The van der Waals surface area contributed by atoms with Gasteiger partial charge in [-0.1, -0.05) is 20.8 Å². The molecule has 1 saturated carbocycles. The highest BCUT2D eigenvalue weighted by Gasteiger charge is 2.43. The van der Waals surface area contributed by atoms with Crippen molar-refractivity contribution in [3.8, 4) is 0 Å². The lowest BCUT2D eigenvalue weighted by molar-refractivity contribution is 0.271. The molecule has 0 aromatic carbocycles. The number of hydrogen-bond donors (Lipinski definition) is 1. The first-order chi connectivity index (χ1) is 8.82. The molecule has 0 radical (unpaired) electrons. The topological polar surface area (TPSA) is 29.9 Å². The van der Waals surface area contributed by atoms with Crippen LogP contribution in [0, 0.1) is 5.92 Å². The predicted octanol–water partition coefficient (Wildman–Crippen LogP) is 2.97. The fourth-order valence-corrected chi connectivity index (χ4v) is 3.41. The third-order valence-electron chi connectivity index (χ3n) is 4.71. The fraction of sp³-hybridized carbons (Fsp3) is 0.812. The molecule has 1 aromatic heterocycles. The van der Waals surface area contributed by atoms with E-state index >= 15 is 0 Å². The lowest BCUT2D eigenvalue weighted by atomic mass is 9.91. The third-order valence-corrected chi connectivity index (χ3v) is 4.71. The summed E-state index contributed by atoms with van der Waals surface area (Å²) < 4.78 is 2.60. The Kier molecular flexibility index (Phi) is 2.83. The summed E-state index contributed by atoms with van der Waals surface area (Å²) >= 11 is 0. The zero-order valence-electron chi connectivity index (χ0n) is 13.0. The van der Waals surface area contributed by atoms with Crippen molar-refractivity contribution in [3.05, 3.63) is 17.2 Å². The molecule has 0 spiro atoms. The number of imidazole rings is 1. The summed E-state index contributed by atoms with van der Waals surface area (Å²) in [6, 6.07) is 0. The highest BCUT2D eigenvalue weighted by molar-refractivity contribution is 5.26. The van der Waals surface area contributed by atoms with Gasteiger partial charge in [-0.2, -0.15) is 0 Å². The summed E-state index contributed by atoms with van der Waals surface area (Å²) in [7, 11) is 0. The van der Waals surface area contributed by atoms with Gasteiger partial charge in [-0.3, -0.25) is 0 Å². The van der Waals surface area contributed by atoms with Crippen LogP contribution in [0.2, 0.25) is 0 Å². The van der Waals surface area contributed by atoms with Crippen LogP contribution in [-0.2, 0) is 23.9 Å². The molecule has 1 aliphatic heterocycles. The molecule has 3 heteroatoms. The minimum Gasteiger partial charge on any atom is -0.325 e. The Labute approximate surface area is 116 Å². The van der Waals surface area contributed by atoms with E-state index in [1.165, 1.54) is 30.1 Å². The Morgan fingerprint density at radius 2 is 1.84 bits per heavy atom. The van der Waals surface area contributed by atoms with Crippen LogP contribution in [0.3, 0.4) is 0 Å². The van der Waals surface area contributed by atoms with E-state index in [9.17, 15) is 0 Å². The second-order valence-corrected chi connectivity index (χ2v) is 7.77. The van der Waals surface area contributed by atoms with E-state index < -0.39 is 0 Å². The molecule has 0 saturated heterocycles. The second-order valence-electron chi connectivity index (χ2n) is 7.77. The van der Waals surface area contributed by atoms with Crippen molar-refractivity contribution in [2.75, 3.05) is 6.54 Å². The molecule has 3 rings (SSSR count). The predicted molar refractivity (Wildman–Crippen MR) is 78.4 cm³/mol. The van der Waals surface area contributed by atoms with Crippen molar-refractivity contribution in [2.24, 2.45) is 5.92 Å². The van der Waals surface area contributed by atoms with Crippen LogP contribution in [0.1, 0.15) is 64.7 Å². The highest BCUT2D eigenvalue weighted by atomic mass is 15.2. The highest BCUT2D eigenvalue weighted by Crippen LogP contribution is 2.46. The largest absolute Gasteiger partial charge is 0.325 e. The summed E-state index contributed by atoms with van der Waals surface area (Å²) in [5.41, 5.74) is 3.11. The van der Waals surface area contributed by atoms with Crippen LogP contribution < -0.4 is 5.32 Å². The molecule has 1 aromatic rings. The summed E-state index contributed by atoms with van der Waals surface area (Å²) in [5.74, 6) is 2.11. The van der Waals surface area contributed by atoms with Gasteiger partial charge in [0.1, 0.15) is 5.82 Å². The maximum Gasteiger partial charge on any atom is 0.115 e. The standard InChI is InChI=1S/C16H27N3/c1-15(2,3)14-18-12-10-17-9-8-13(12)19(14)16(4,5)11-6-7-11/h11,17H,6-10H2,1-5H3. The van der Waals surface area contributed by atoms with Crippen molar-refractivity contribution in [1.29, 1.82) is 0 Å². The lowest BCUT2D eigenvalue weighted by Gasteiger charge is -2.34. The zero-order valence-corrected chi connectivity index (χ0v) is 13.0. The van der Waals surface area contributed by atoms with Crippen LogP contribution in [0.15, 0.2) is 0 Å². The van der Waals surface area contributed by atoms with Crippen molar-refractivity contribution in [2.45, 2.75) is 71.4 Å². The zero-order chi connectivity index (χ0) is 13.8. The Bertz CT molecular complexity index is 487. The number of nitrogens with one attached hydrogen (secondary N) is 1. The molecule has 106 valence electrons. The van der Waals surface area contributed by atoms with Crippen molar-refractivity contribution in [1.82, 2.24) is 14.9 Å². The van der Waals surface area contributed by atoms with E-state index in [1.807, 2.05) is 0 Å². The van der Waals surface area contributed by atoms with Crippen LogP contribution in [-0.4, -0.2) is 16.1 Å². The molecule has 3 nitrogen and oxygen atoms in total. The van der Waals surface area contributed by atoms with Gasteiger partial charge in [0.2, 0.25) is 0 Å². The SMILES string of the molecule is CC(C)(C)c1nc2c(n1C(C)(C)C1CC1)CCNC2. The fourth-order valence-electron chi connectivity index (χ4n) is 3.41. The molecule has 2 aliphatic rings. The summed E-state index contributed by atoms with van der Waals surface area (Å²) in [4.78, 5) is 5.00. The normalized spacial score (nSPS) is 20.5. The van der Waals surface area contributed by atoms with Gasteiger partial charge < -0.3 is 9.88 Å². The Morgan fingerprint density at radius 3 is 2.42 bits per heavy atom. The van der Waals surface area contributed by atoms with Crippen LogP contribution in [0.25, 0.3) is 0 Å². The average Bonchev–Trinajstić information content (AvgIpc) is 3.08. The third kappa shape index (κ3) is 2.12. The number of aromatic nitrogens is 2. The van der Waals surface area contributed by atoms with E-state index in [4.69, 9.17) is 4.98 Å². The van der Waals surface area contributed by atoms with Gasteiger partial charge >= 0.3 is 0 Å². The van der Waals surface area contributed by atoms with Gasteiger partial charge in [0.05, 0.1) is 5.69 Å². The number of rotatable bonds is 2. The minimum absolute atomic E-state index is 0.115. The van der Waals surface area contributed by atoms with Gasteiger partial charge in [-0.25, -0.2) is 4.98 Å².